The highest BCUT2D eigenvalue weighted by atomic mass is 31.2. The van der Waals surface area contributed by atoms with Crippen molar-refractivity contribution < 1.29 is 37.3 Å². The first-order chi connectivity index (χ1) is 29.6. The van der Waals surface area contributed by atoms with Gasteiger partial charge >= 0.3 is 5.97 Å². The molecule has 0 fully saturated rings. The molecule has 9 heteroatoms. The van der Waals surface area contributed by atoms with Gasteiger partial charge in [-0.25, -0.2) is 0 Å². The van der Waals surface area contributed by atoms with Crippen LogP contribution < -0.4 is 4.89 Å². The second-order valence-corrected chi connectivity index (χ2v) is 19.6. The molecule has 2 unspecified atom stereocenters. The number of carbonyl (C=O) groups excluding carboxylic acids is 1. The summed E-state index contributed by atoms with van der Waals surface area (Å²) < 4.78 is 34.7. The van der Waals surface area contributed by atoms with Crippen LogP contribution in [-0.4, -0.2) is 70.7 Å². The number of unbranched alkanes of at least 4 members (excludes halogenated alkanes) is 25. The molecule has 0 aromatic heterocycles. The van der Waals surface area contributed by atoms with E-state index in [-0.39, 0.29) is 25.8 Å². The zero-order valence-corrected chi connectivity index (χ0v) is 41.5. The number of phosphoric acid groups is 1. The molecule has 358 valence electrons. The lowest BCUT2D eigenvalue weighted by Crippen LogP contribution is -2.37. The predicted molar refractivity (Wildman–Crippen MR) is 259 cm³/mol. The zero-order valence-electron chi connectivity index (χ0n) is 40.6. The van der Waals surface area contributed by atoms with Crippen molar-refractivity contribution in [1.29, 1.82) is 0 Å². The van der Waals surface area contributed by atoms with E-state index in [0.717, 1.165) is 57.8 Å². The molecule has 0 rings (SSSR count). The van der Waals surface area contributed by atoms with Gasteiger partial charge in [0.1, 0.15) is 19.3 Å². The zero-order chi connectivity index (χ0) is 44.8. The standard InChI is InChI=1S/C52H98NO7P/c1-6-8-10-12-14-16-18-20-22-23-24-25-26-27-28-29-30-32-34-36-38-40-42-44-47-57-49-51(50-59-61(55,56)58-48-46-53(3,4)5)60-52(54)45-43-41-39-37-35-33-31-21-19-17-15-13-11-9-7-2/h18,20-21,23-24,26-27,31,51H,6-17,19,22,25,28-30,32-50H2,1-5H3/b20-18-,24-23-,27-26-,31-21-. The Morgan fingerprint density at radius 1 is 0.508 bits per heavy atom. The van der Waals surface area contributed by atoms with Gasteiger partial charge in [0.05, 0.1) is 34.4 Å². The molecule has 0 saturated heterocycles. The molecule has 0 saturated carbocycles. The first-order valence-corrected chi connectivity index (χ1v) is 26.8. The summed E-state index contributed by atoms with van der Waals surface area (Å²) in [7, 11) is 1.35. The number of allylic oxidation sites excluding steroid dienone is 8. The summed E-state index contributed by atoms with van der Waals surface area (Å²) in [5.74, 6) is -0.344. The molecule has 0 aliphatic heterocycles. The molecule has 0 aromatic rings. The van der Waals surface area contributed by atoms with E-state index in [0.29, 0.717) is 24.1 Å². The van der Waals surface area contributed by atoms with Crippen LogP contribution in [0.25, 0.3) is 0 Å². The Morgan fingerprint density at radius 2 is 0.902 bits per heavy atom. The number of esters is 1. The summed E-state index contributed by atoms with van der Waals surface area (Å²) in [5, 5.41) is 0. The van der Waals surface area contributed by atoms with Gasteiger partial charge in [0, 0.05) is 13.0 Å². The van der Waals surface area contributed by atoms with Crippen molar-refractivity contribution in [2.24, 2.45) is 0 Å². The summed E-state index contributed by atoms with van der Waals surface area (Å²) in [5.41, 5.74) is 0. The van der Waals surface area contributed by atoms with E-state index in [4.69, 9.17) is 18.5 Å². The molecule has 0 amide bonds. The first kappa shape index (κ1) is 59.5. The lowest BCUT2D eigenvalue weighted by molar-refractivity contribution is -0.870. The van der Waals surface area contributed by atoms with Gasteiger partial charge in [-0.05, 0) is 77.0 Å². The summed E-state index contributed by atoms with van der Waals surface area (Å²) in [6.07, 6.45) is 55.6. The van der Waals surface area contributed by atoms with Crippen LogP contribution >= 0.6 is 7.82 Å². The van der Waals surface area contributed by atoms with Crippen LogP contribution in [0.15, 0.2) is 48.6 Å². The third kappa shape index (κ3) is 49.3. The molecule has 0 radical (unpaired) electrons. The van der Waals surface area contributed by atoms with E-state index in [9.17, 15) is 14.3 Å². The predicted octanol–water partition coefficient (Wildman–Crippen LogP) is 14.9. The Balaban J connectivity index is 4.14. The molecular weight excluding hydrogens is 782 g/mol. The van der Waals surface area contributed by atoms with E-state index in [1.807, 2.05) is 21.1 Å². The van der Waals surface area contributed by atoms with Crippen LogP contribution in [0.2, 0.25) is 0 Å². The lowest BCUT2D eigenvalue weighted by Gasteiger charge is -2.28. The maximum absolute atomic E-state index is 12.7. The van der Waals surface area contributed by atoms with Crippen molar-refractivity contribution in [2.75, 3.05) is 54.1 Å². The molecule has 0 N–H and O–H groups in total. The number of ether oxygens (including phenoxy) is 2. The van der Waals surface area contributed by atoms with E-state index in [2.05, 4.69) is 62.5 Å². The minimum absolute atomic E-state index is 0.0224. The van der Waals surface area contributed by atoms with Crippen LogP contribution in [-0.2, 0) is 27.9 Å². The number of rotatable bonds is 47. The highest BCUT2D eigenvalue weighted by Crippen LogP contribution is 2.38. The van der Waals surface area contributed by atoms with E-state index < -0.39 is 13.9 Å². The van der Waals surface area contributed by atoms with E-state index in [1.165, 1.54) is 141 Å². The molecule has 61 heavy (non-hydrogen) atoms. The van der Waals surface area contributed by atoms with Crippen molar-refractivity contribution in [3.63, 3.8) is 0 Å². The Morgan fingerprint density at radius 3 is 1.36 bits per heavy atom. The lowest BCUT2D eigenvalue weighted by atomic mass is 10.1. The van der Waals surface area contributed by atoms with Crippen LogP contribution in [0.3, 0.4) is 0 Å². The quantitative estimate of drug-likeness (QED) is 0.0198. The first-order valence-electron chi connectivity index (χ1n) is 25.4. The number of hydrogen-bond donors (Lipinski definition) is 0. The van der Waals surface area contributed by atoms with Gasteiger partial charge in [-0.15, -0.1) is 0 Å². The van der Waals surface area contributed by atoms with Gasteiger partial charge in [-0.1, -0.05) is 184 Å². The number of hydrogen-bond acceptors (Lipinski definition) is 7. The largest absolute Gasteiger partial charge is 0.756 e. The number of likely N-dealkylation sites (N-methyl/N-ethyl adjacent to an activating group) is 1. The molecule has 0 aliphatic rings. The minimum Gasteiger partial charge on any atom is -0.756 e. The van der Waals surface area contributed by atoms with Crippen molar-refractivity contribution in [3.8, 4) is 0 Å². The third-order valence-electron chi connectivity index (χ3n) is 10.9. The molecule has 0 aliphatic carbocycles. The van der Waals surface area contributed by atoms with Gasteiger partial charge < -0.3 is 27.9 Å². The average Bonchev–Trinajstić information content (AvgIpc) is 3.22. The van der Waals surface area contributed by atoms with Crippen molar-refractivity contribution >= 4 is 13.8 Å². The summed E-state index contributed by atoms with van der Waals surface area (Å²) in [6, 6.07) is 0. The fourth-order valence-corrected chi connectivity index (χ4v) is 7.63. The number of phosphoric ester groups is 1. The van der Waals surface area contributed by atoms with Crippen LogP contribution in [0.4, 0.5) is 0 Å². The number of nitrogens with zero attached hydrogens (tertiary/aromatic N) is 1. The van der Waals surface area contributed by atoms with Crippen molar-refractivity contribution in [3.05, 3.63) is 48.6 Å². The summed E-state index contributed by atoms with van der Waals surface area (Å²) >= 11 is 0. The third-order valence-corrected chi connectivity index (χ3v) is 11.8. The van der Waals surface area contributed by atoms with Crippen molar-refractivity contribution in [2.45, 2.75) is 225 Å². The van der Waals surface area contributed by atoms with Gasteiger partial charge in [-0.2, -0.15) is 0 Å². The Kier molecular flexibility index (Phi) is 43.9. The molecule has 2 atom stereocenters. The number of carbonyl (C=O) groups is 1. The van der Waals surface area contributed by atoms with Crippen LogP contribution in [0.1, 0.15) is 219 Å². The second kappa shape index (κ2) is 45.0. The maximum Gasteiger partial charge on any atom is 0.306 e. The average molecular weight is 880 g/mol. The summed E-state index contributed by atoms with van der Waals surface area (Å²) in [6.45, 7) is 5.39. The van der Waals surface area contributed by atoms with Crippen LogP contribution in [0, 0.1) is 0 Å². The topological polar surface area (TPSA) is 94.1 Å². The summed E-state index contributed by atoms with van der Waals surface area (Å²) in [4.78, 5) is 25.1. The molecule has 0 bridgehead atoms. The molecular formula is C52H98NO7P. The smallest absolute Gasteiger partial charge is 0.306 e. The Bertz CT molecular complexity index is 1120. The van der Waals surface area contributed by atoms with Gasteiger partial charge in [0.25, 0.3) is 7.82 Å². The van der Waals surface area contributed by atoms with Gasteiger partial charge in [0.2, 0.25) is 0 Å². The highest BCUT2D eigenvalue weighted by Gasteiger charge is 2.20. The van der Waals surface area contributed by atoms with E-state index >= 15 is 0 Å². The minimum atomic E-state index is -4.53. The second-order valence-electron chi connectivity index (χ2n) is 18.2. The number of quaternary nitrogens is 1. The fraction of sp³-hybridized carbons (Fsp3) is 0.827. The highest BCUT2D eigenvalue weighted by molar-refractivity contribution is 7.45. The maximum atomic E-state index is 12.7. The van der Waals surface area contributed by atoms with Crippen LogP contribution in [0.5, 0.6) is 0 Å². The molecule has 0 heterocycles. The molecule has 0 aromatic carbocycles. The normalized spacial score (nSPS) is 14.0. The van der Waals surface area contributed by atoms with Gasteiger partial charge in [0.15, 0.2) is 0 Å². The Labute approximate surface area is 378 Å². The van der Waals surface area contributed by atoms with E-state index in [1.54, 1.807) is 0 Å². The fourth-order valence-electron chi connectivity index (χ4n) is 6.90. The monoisotopic (exact) mass is 880 g/mol. The van der Waals surface area contributed by atoms with Gasteiger partial charge in [-0.3, -0.25) is 9.36 Å². The molecule has 8 nitrogen and oxygen atoms in total. The van der Waals surface area contributed by atoms with Crippen molar-refractivity contribution in [1.82, 2.24) is 0 Å². The SMILES string of the molecule is CCCCCCC/C=C\C/C=C\C/C=C\CCCCCCCCCCCOCC(COP(=O)([O-])OCC[N+](C)(C)C)OC(=O)CCCCCCC/C=C\CCCCCCCC. The molecule has 0 spiro atoms. The Hall–Kier alpha value is -1.54.